The van der Waals surface area contributed by atoms with Gasteiger partial charge in [-0.05, 0) is 30.3 Å². The van der Waals surface area contributed by atoms with Crippen molar-refractivity contribution < 1.29 is 0 Å². The molecular weight excluding hydrogens is 300 g/mol. The van der Waals surface area contributed by atoms with Crippen LogP contribution in [0.5, 0.6) is 0 Å². The molecule has 6 nitrogen and oxygen atoms in total. The molecule has 0 bridgehead atoms. The monoisotopic (exact) mass is 316 g/mol. The first-order valence-corrected chi connectivity index (χ1v) is 7.57. The van der Waals surface area contributed by atoms with Gasteiger partial charge in [0.25, 0.3) is 0 Å². The molecule has 0 aliphatic carbocycles. The molecule has 2 aromatic rings. The molecule has 1 aliphatic heterocycles. The van der Waals surface area contributed by atoms with E-state index in [0.29, 0.717) is 29.5 Å². The molecule has 0 aromatic carbocycles. The van der Waals surface area contributed by atoms with Gasteiger partial charge < -0.3 is 10.6 Å². The van der Waals surface area contributed by atoms with E-state index in [1.165, 1.54) is 0 Å². The Kier molecular flexibility index (Phi) is 4.95. The van der Waals surface area contributed by atoms with Crippen LogP contribution in [0.3, 0.4) is 0 Å². The molecular formula is C18H16N6. The van der Waals surface area contributed by atoms with Crippen molar-refractivity contribution in [2.45, 2.75) is 6.42 Å². The fourth-order valence-corrected chi connectivity index (χ4v) is 2.23. The molecule has 0 fully saturated rings. The number of hydrogen-bond acceptors (Lipinski definition) is 4. The number of aliphatic imine (C=N–C) groups is 1. The zero-order chi connectivity index (χ0) is 16.6. The summed E-state index contributed by atoms with van der Waals surface area (Å²) in [6.45, 7) is 0.596. The number of aromatic nitrogens is 2. The summed E-state index contributed by atoms with van der Waals surface area (Å²) in [7, 11) is 0. The molecule has 0 radical (unpaired) electrons. The van der Waals surface area contributed by atoms with Crippen molar-refractivity contribution in [2.24, 2.45) is 4.99 Å². The van der Waals surface area contributed by atoms with E-state index in [0.717, 1.165) is 12.1 Å². The minimum absolute atomic E-state index is 0.478. The Morgan fingerprint density at radius 1 is 1.12 bits per heavy atom. The number of pyridine rings is 2. The Morgan fingerprint density at radius 2 is 1.96 bits per heavy atom. The summed E-state index contributed by atoms with van der Waals surface area (Å²) in [5.74, 6) is 0.604. The molecule has 24 heavy (non-hydrogen) atoms. The molecule has 1 aliphatic rings. The number of allylic oxidation sites excluding steroid dienone is 2. The van der Waals surface area contributed by atoms with E-state index >= 15 is 0 Å². The van der Waals surface area contributed by atoms with E-state index in [1.54, 1.807) is 30.7 Å². The highest BCUT2D eigenvalue weighted by Gasteiger charge is 2.12. The third-order valence-corrected chi connectivity index (χ3v) is 3.39. The number of nitriles is 1. The number of nitrogens with one attached hydrogen (secondary N) is 2. The summed E-state index contributed by atoms with van der Waals surface area (Å²) in [6.07, 6.45) is 7.74. The lowest BCUT2D eigenvalue weighted by molar-refractivity contribution is 0.895. The summed E-state index contributed by atoms with van der Waals surface area (Å²) >= 11 is 0. The van der Waals surface area contributed by atoms with Crippen molar-refractivity contribution in [2.75, 3.05) is 6.54 Å². The van der Waals surface area contributed by atoms with Gasteiger partial charge in [-0.2, -0.15) is 5.26 Å². The minimum atomic E-state index is 0.478. The van der Waals surface area contributed by atoms with Gasteiger partial charge >= 0.3 is 0 Å². The van der Waals surface area contributed by atoms with Crippen LogP contribution in [0.1, 0.15) is 11.4 Å². The number of nitrogens with zero attached hydrogens (tertiary/aromatic N) is 4. The molecule has 118 valence electrons. The molecule has 0 atom stereocenters. The van der Waals surface area contributed by atoms with Crippen LogP contribution in [0.15, 0.2) is 71.8 Å². The molecule has 2 aromatic heterocycles. The number of rotatable bonds is 4. The van der Waals surface area contributed by atoms with Crippen molar-refractivity contribution in [3.8, 4) is 6.07 Å². The first kappa shape index (κ1) is 15.4. The van der Waals surface area contributed by atoms with Gasteiger partial charge in [0.1, 0.15) is 11.6 Å². The summed E-state index contributed by atoms with van der Waals surface area (Å²) in [5.41, 5.74) is 2.77. The van der Waals surface area contributed by atoms with E-state index in [9.17, 15) is 5.26 Å². The highest BCUT2D eigenvalue weighted by molar-refractivity contribution is 5.89. The van der Waals surface area contributed by atoms with Gasteiger partial charge in [-0.1, -0.05) is 12.1 Å². The zero-order valence-corrected chi connectivity index (χ0v) is 13.0. The second-order valence-electron chi connectivity index (χ2n) is 5.02. The molecule has 0 saturated heterocycles. The van der Waals surface area contributed by atoms with Gasteiger partial charge in [0, 0.05) is 37.3 Å². The maximum Gasteiger partial charge on any atom is 0.199 e. The number of hydrogen-bond donors (Lipinski definition) is 2. The van der Waals surface area contributed by atoms with E-state index in [2.05, 4.69) is 31.7 Å². The Hall–Kier alpha value is -3.46. The van der Waals surface area contributed by atoms with Gasteiger partial charge in [-0.3, -0.25) is 15.0 Å². The summed E-state index contributed by atoms with van der Waals surface area (Å²) in [4.78, 5) is 13.0. The van der Waals surface area contributed by atoms with Crippen molar-refractivity contribution in [3.05, 3.63) is 78.2 Å². The lowest BCUT2D eigenvalue weighted by Crippen LogP contribution is -2.37. The Labute approximate surface area is 140 Å². The highest BCUT2D eigenvalue weighted by atomic mass is 15.2. The first-order valence-electron chi connectivity index (χ1n) is 7.57. The molecule has 3 rings (SSSR count). The molecule has 0 unspecified atom stereocenters. The van der Waals surface area contributed by atoms with Crippen LogP contribution < -0.4 is 10.6 Å². The smallest absolute Gasteiger partial charge is 0.199 e. The Morgan fingerprint density at radius 3 is 2.67 bits per heavy atom. The Bertz CT molecular complexity index is 816. The fourth-order valence-electron chi connectivity index (χ4n) is 2.23. The van der Waals surface area contributed by atoms with Gasteiger partial charge in [0.05, 0.1) is 11.4 Å². The molecule has 3 heterocycles. The van der Waals surface area contributed by atoms with E-state index in [4.69, 9.17) is 0 Å². The lowest BCUT2D eigenvalue weighted by atomic mass is 10.1. The average Bonchev–Trinajstić information content (AvgIpc) is 2.65. The molecule has 0 spiro atoms. The summed E-state index contributed by atoms with van der Waals surface area (Å²) in [5, 5.41) is 15.6. The Balaban J connectivity index is 1.73. The van der Waals surface area contributed by atoms with Crippen molar-refractivity contribution in [1.29, 1.82) is 5.26 Å². The predicted molar refractivity (Wildman–Crippen MR) is 92.4 cm³/mol. The first-order chi connectivity index (χ1) is 11.9. The third-order valence-electron chi connectivity index (χ3n) is 3.39. The van der Waals surface area contributed by atoms with Crippen LogP contribution in [0.2, 0.25) is 0 Å². The van der Waals surface area contributed by atoms with Gasteiger partial charge in [-0.15, -0.1) is 0 Å². The van der Waals surface area contributed by atoms with E-state index in [1.807, 2.05) is 30.3 Å². The maximum atomic E-state index is 9.45. The van der Waals surface area contributed by atoms with Crippen molar-refractivity contribution >= 4 is 11.5 Å². The van der Waals surface area contributed by atoms with Gasteiger partial charge in [0.2, 0.25) is 0 Å². The molecule has 6 heteroatoms. The maximum absolute atomic E-state index is 9.45. The molecule has 0 saturated carbocycles. The summed E-state index contributed by atoms with van der Waals surface area (Å²) < 4.78 is 0. The van der Waals surface area contributed by atoms with E-state index in [-0.39, 0.29) is 0 Å². The lowest BCUT2D eigenvalue weighted by Gasteiger charge is -2.16. The third kappa shape index (κ3) is 3.84. The van der Waals surface area contributed by atoms with Crippen LogP contribution in [-0.2, 0) is 6.42 Å². The van der Waals surface area contributed by atoms with Gasteiger partial charge in [0.15, 0.2) is 5.96 Å². The standard InChI is InChI=1S/C18H16N6/c19-13-15(16-6-2-4-10-21-16)17-8-12-23-18(24-17)22-11-7-14-5-1-3-9-20-14/h1-6,8-10,12H,7,11H2,(H2,22,23,24)/b17-15+. The average molecular weight is 316 g/mol. The quantitative estimate of drug-likeness (QED) is 0.843. The van der Waals surface area contributed by atoms with Crippen LogP contribution in [-0.4, -0.2) is 22.5 Å². The minimum Gasteiger partial charge on any atom is -0.333 e. The zero-order valence-electron chi connectivity index (χ0n) is 13.0. The SMILES string of the molecule is N#C/C(=C1/C=CNC(=NCCc2ccccn2)N1)c1ccccn1. The van der Waals surface area contributed by atoms with Gasteiger partial charge in [-0.25, -0.2) is 0 Å². The topological polar surface area (TPSA) is 86.0 Å². The second kappa shape index (κ2) is 7.70. The second-order valence-corrected chi connectivity index (χ2v) is 5.02. The van der Waals surface area contributed by atoms with Crippen molar-refractivity contribution in [1.82, 2.24) is 20.6 Å². The summed E-state index contributed by atoms with van der Waals surface area (Å²) in [6, 6.07) is 13.5. The van der Waals surface area contributed by atoms with E-state index < -0.39 is 0 Å². The van der Waals surface area contributed by atoms with Crippen LogP contribution in [0, 0.1) is 11.3 Å². The highest BCUT2D eigenvalue weighted by Crippen LogP contribution is 2.16. The normalized spacial score (nSPS) is 16.9. The van der Waals surface area contributed by atoms with Crippen molar-refractivity contribution in [3.63, 3.8) is 0 Å². The van der Waals surface area contributed by atoms with Crippen LogP contribution in [0.25, 0.3) is 5.57 Å². The largest absolute Gasteiger partial charge is 0.333 e. The van der Waals surface area contributed by atoms with Crippen LogP contribution in [0.4, 0.5) is 0 Å². The molecule has 2 N–H and O–H groups in total. The molecule has 0 amide bonds. The van der Waals surface area contributed by atoms with Crippen LogP contribution >= 0.6 is 0 Å². The number of guanidine groups is 1. The predicted octanol–water partition coefficient (Wildman–Crippen LogP) is 2.02. The fraction of sp³-hybridized carbons (Fsp3) is 0.111.